The fourth-order valence-corrected chi connectivity index (χ4v) is 3.98. The number of nitrogens with zero attached hydrogens (tertiary/aromatic N) is 1. The van der Waals surface area contributed by atoms with Crippen LogP contribution in [-0.4, -0.2) is 26.3 Å². The summed E-state index contributed by atoms with van der Waals surface area (Å²) in [6.07, 6.45) is 1.64. The number of rotatable bonds is 9. The number of fused-ring (bicyclic) bond motifs is 1. The van der Waals surface area contributed by atoms with Gasteiger partial charge in [-0.1, -0.05) is 36.9 Å². The molecule has 188 valence electrons. The van der Waals surface area contributed by atoms with E-state index >= 15 is 0 Å². The molecule has 37 heavy (non-hydrogen) atoms. The molecule has 3 aromatic rings. The van der Waals surface area contributed by atoms with E-state index < -0.39 is 11.9 Å². The molecule has 0 bridgehead atoms. The van der Waals surface area contributed by atoms with E-state index in [9.17, 15) is 10.1 Å². The lowest BCUT2D eigenvalue weighted by Gasteiger charge is -2.27. The maximum Gasteiger partial charge on any atom is 0.349 e. The number of carbonyl (C=O) groups is 1. The molecule has 0 spiro atoms. The minimum Gasteiger partial charge on any atom is -0.493 e. The minimum absolute atomic E-state index is 0.0304. The number of nitrogens with two attached hydrogens (primary N) is 1. The lowest BCUT2D eigenvalue weighted by molar-refractivity contribution is -0.136. The largest absolute Gasteiger partial charge is 0.493 e. The first-order valence-corrected chi connectivity index (χ1v) is 11.5. The lowest BCUT2D eigenvalue weighted by Crippen LogP contribution is -2.22. The molecule has 8 nitrogen and oxygen atoms in total. The molecule has 1 aliphatic rings. The van der Waals surface area contributed by atoms with Gasteiger partial charge in [-0.25, -0.2) is 4.79 Å². The predicted octanol–water partition coefficient (Wildman–Crippen LogP) is 4.77. The van der Waals surface area contributed by atoms with Crippen molar-refractivity contribution in [2.24, 2.45) is 5.73 Å². The third kappa shape index (κ3) is 5.68. The average Bonchev–Trinajstić information content (AvgIpc) is 2.90. The van der Waals surface area contributed by atoms with E-state index in [4.69, 9.17) is 29.4 Å². The van der Waals surface area contributed by atoms with E-state index in [0.29, 0.717) is 35.2 Å². The molecule has 0 radical (unpaired) electrons. The van der Waals surface area contributed by atoms with Gasteiger partial charge in [-0.3, -0.25) is 0 Å². The Morgan fingerprint density at radius 2 is 1.95 bits per heavy atom. The Labute approximate surface area is 215 Å². The van der Waals surface area contributed by atoms with Gasteiger partial charge in [-0.2, -0.15) is 5.26 Å². The van der Waals surface area contributed by atoms with E-state index in [-0.39, 0.29) is 23.8 Å². The average molecular weight is 499 g/mol. The van der Waals surface area contributed by atoms with Crippen molar-refractivity contribution in [3.63, 3.8) is 0 Å². The summed E-state index contributed by atoms with van der Waals surface area (Å²) < 4.78 is 27.8. The second-order valence-corrected chi connectivity index (χ2v) is 8.21. The van der Waals surface area contributed by atoms with Crippen LogP contribution in [0.1, 0.15) is 22.6 Å². The van der Waals surface area contributed by atoms with Gasteiger partial charge in [0.1, 0.15) is 35.5 Å². The standard InChI is InChI=1S/C29H26N2O6/c1-4-12-34-24-11-8-19(14-26(24)33-3)28-22-10-9-21(15-25(22)37-29(31)23(28)16-30)36-27(32)17-35-20-7-5-6-18(2)13-20/h4-11,13-15,28H,1,12,17,31H2,2-3H3. The molecule has 0 fully saturated rings. The van der Waals surface area contributed by atoms with Crippen molar-refractivity contribution >= 4 is 5.97 Å². The maximum absolute atomic E-state index is 12.4. The number of aryl methyl sites for hydroxylation is 1. The zero-order valence-electron chi connectivity index (χ0n) is 20.5. The van der Waals surface area contributed by atoms with Gasteiger partial charge in [0.15, 0.2) is 18.1 Å². The molecule has 0 amide bonds. The number of carbonyl (C=O) groups excluding carboxylic acids is 1. The van der Waals surface area contributed by atoms with Crippen LogP contribution < -0.4 is 29.4 Å². The van der Waals surface area contributed by atoms with Gasteiger partial charge in [0.05, 0.1) is 13.0 Å². The summed E-state index contributed by atoms with van der Waals surface area (Å²) in [4.78, 5) is 12.4. The number of methoxy groups -OCH3 is 1. The summed E-state index contributed by atoms with van der Waals surface area (Å²) in [5, 5.41) is 9.84. The van der Waals surface area contributed by atoms with E-state index in [1.807, 2.05) is 31.2 Å². The first-order chi connectivity index (χ1) is 17.9. The summed E-state index contributed by atoms with van der Waals surface area (Å²) in [5.74, 6) is 1.13. The van der Waals surface area contributed by atoms with Crippen LogP contribution in [0.3, 0.4) is 0 Å². The number of hydrogen-bond acceptors (Lipinski definition) is 8. The highest BCUT2D eigenvalue weighted by molar-refractivity contribution is 5.74. The Morgan fingerprint density at radius 3 is 2.68 bits per heavy atom. The molecular weight excluding hydrogens is 472 g/mol. The number of esters is 1. The second kappa shape index (κ2) is 11.2. The van der Waals surface area contributed by atoms with Crippen molar-refractivity contribution < 1.29 is 28.5 Å². The molecule has 0 aromatic heterocycles. The second-order valence-electron chi connectivity index (χ2n) is 8.21. The van der Waals surface area contributed by atoms with Gasteiger partial charge >= 0.3 is 5.97 Å². The van der Waals surface area contributed by atoms with Gasteiger partial charge in [-0.15, -0.1) is 0 Å². The van der Waals surface area contributed by atoms with E-state index in [1.54, 1.807) is 42.5 Å². The molecule has 1 heterocycles. The van der Waals surface area contributed by atoms with Crippen LogP contribution >= 0.6 is 0 Å². The Bertz CT molecular complexity index is 1410. The highest BCUT2D eigenvalue weighted by atomic mass is 16.6. The van der Waals surface area contributed by atoms with Crippen molar-refractivity contribution in [3.8, 4) is 34.8 Å². The van der Waals surface area contributed by atoms with Crippen LogP contribution in [0.2, 0.25) is 0 Å². The van der Waals surface area contributed by atoms with Gasteiger partial charge in [0.2, 0.25) is 5.88 Å². The fraction of sp³-hybridized carbons (Fsp3) is 0.172. The van der Waals surface area contributed by atoms with Crippen LogP contribution in [0.4, 0.5) is 0 Å². The van der Waals surface area contributed by atoms with Crippen molar-refractivity contribution in [2.45, 2.75) is 12.8 Å². The maximum atomic E-state index is 12.4. The topological polar surface area (TPSA) is 113 Å². The monoisotopic (exact) mass is 498 g/mol. The summed E-state index contributed by atoms with van der Waals surface area (Å²) in [7, 11) is 1.54. The van der Waals surface area contributed by atoms with Gasteiger partial charge < -0.3 is 29.4 Å². The highest BCUT2D eigenvalue weighted by Gasteiger charge is 2.31. The molecule has 2 N–H and O–H groups in total. The lowest BCUT2D eigenvalue weighted by atomic mass is 9.83. The van der Waals surface area contributed by atoms with Crippen LogP contribution in [0.5, 0.6) is 28.7 Å². The number of nitriles is 1. The Kier molecular flexibility index (Phi) is 7.65. The fourth-order valence-electron chi connectivity index (χ4n) is 3.98. The molecule has 0 aliphatic carbocycles. The summed E-state index contributed by atoms with van der Waals surface area (Å²) in [6.45, 7) is 5.65. The Hall–Kier alpha value is -4.90. The van der Waals surface area contributed by atoms with E-state index in [2.05, 4.69) is 12.6 Å². The Balaban J connectivity index is 1.58. The first-order valence-electron chi connectivity index (χ1n) is 11.5. The third-order valence-electron chi connectivity index (χ3n) is 5.65. The zero-order valence-corrected chi connectivity index (χ0v) is 20.5. The minimum atomic E-state index is -0.574. The molecule has 1 aliphatic heterocycles. The summed E-state index contributed by atoms with van der Waals surface area (Å²) >= 11 is 0. The number of benzene rings is 3. The predicted molar refractivity (Wildman–Crippen MR) is 137 cm³/mol. The van der Waals surface area contributed by atoms with Crippen LogP contribution in [0.25, 0.3) is 0 Å². The molecule has 1 unspecified atom stereocenters. The van der Waals surface area contributed by atoms with Crippen LogP contribution in [0, 0.1) is 18.3 Å². The molecule has 0 saturated heterocycles. The summed E-state index contributed by atoms with van der Waals surface area (Å²) in [5.41, 5.74) is 8.83. The normalized spacial score (nSPS) is 14.0. The molecular formula is C29H26N2O6. The number of ether oxygens (including phenoxy) is 5. The smallest absolute Gasteiger partial charge is 0.349 e. The quantitative estimate of drug-likeness (QED) is 0.255. The van der Waals surface area contributed by atoms with Gasteiger partial charge in [0.25, 0.3) is 0 Å². The highest BCUT2D eigenvalue weighted by Crippen LogP contribution is 2.45. The molecule has 8 heteroatoms. The molecule has 4 rings (SSSR count). The Morgan fingerprint density at radius 1 is 1.11 bits per heavy atom. The van der Waals surface area contributed by atoms with Crippen LogP contribution in [-0.2, 0) is 4.79 Å². The third-order valence-corrected chi connectivity index (χ3v) is 5.65. The van der Waals surface area contributed by atoms with Crippen molar-refractivity contribution in [1.82, 2.24) is 0 Å². The zero-order chi connectivity index (χ0) is 26.4. The molecule has 1 atom stereocenters. The number of hydrogen-bond donors (Lipinski definition) is 1. The molecule has 3 aromatic carbocycles. The van der Waals surface area contributed by atoms with Gasteiger partial charge in [-0.05, 0) is 48.4 Å². The summed E-state index contributed by atoms with van der Waals surface area (Å²) in [6, 6.07) is 19.9. The van der Waals surface area contributed by atoms with Crippen molar-refractivity contribution in [1.29, 1.82) is 5.26 Å². The van der Waals surface area contributed by atoms with Crippen LogP contribution in [0.15, 0.2) is 84.8 Å². The van der Waals surface area contributed by atoms with E-state index in [1.165, 1.54) is 7.11 Å². The van der Waals surface area contributed by atoms with E-state index in [0.717, 1.165) is 11.1 Å². The molecule has 0 saturated carbocycles. The van der Waals surface area contributed by atoms with Crippen molar-refractivity contribution in [2.75, 3.05) is 20.3 Å². The van der Waals surface area contributed by atoms with Gasteiger partial charge in [0, 0.05) is 11.6 Å². The first kappa shape index (κ1) is 25.2. The van der Waals surface area contributed by atoms with Crippen molar-refractivity contribution in [3.05, 3.63) is 101 Å². The number of allylic oxidation sites excluding steroid dienone is 1. The SMILES string of the molecule is C=CCOc1ccc(C2C(C#N)=C(N)Oc3cc(OC(=O)COc4cccc(C)c4)ccc32)cc1OC.